The monoisotopic (exact) mass is 404 g/mol. The fourth-order valence-electron chi connectivity index (χ4n) is 2.87. The highest BCUT2D eigenvalue weighted by atomic mass is 35.5. The third-order valence-electron chi connectivity index (χ3n) is 4.22. The molecule has 0 spiro atoms. The molecule has 1 unspecified atom stereocenters. The Bertz CT molecular complexity index is 919. The number of nitrogens with one attached hydrogen (secondary N) is 1. The lowest BCUT2D eigenvalue weighted by molar-refractivity contribution is -0.129. The number of ether oxygens (including phenoxy) is 2. The summed E-state index contributed by atoms with van der Waals surface area (Å²) >= 11 is 6.00. The summed E-state index contributed by atoms with van der Waals surface area (Å²) in [6, 6.07) is 8.09. The van der Waals surface area contributed by atoms with Crippen LogP contribution in [0.1, 0.15) is 13.8 Å². The third kappa shape index (κ3) is 3.96. The number of pyridine rings is 1. The predicted octanol–water partition coefficient (Wildman–Crippen LogP) is 2.71. The summed E-state index contributed by atoms with van der Waals surface area (Å²) in [6.45, 7) is 3.48. The van der Waals surface area contributed by atoms with Crippen LogP contribution in [0.3, 0.4) is 0 Å². The SMILES string of the molecule is COc1ccc(Cl)cc1NC(=O)CN1C(=O)C(C(C)C)Oc2ccc(N)nc21. The molecule has 0 radical (unpaired) electrons. The molecule has 28 heavy (non-hydrogen) atoms. The Morgan fingerprint density at radius 1 is 1.39 bits per heavy atom. The molecular formula is C19H21ClN4O4. The molecule has 9 heteroatoms. The first-order valence-corrected chi connectivity index (χ1v) is 9.06. The van der Waals surface area contributed by atoms with Crippen LogP contribution in [0.25, 0.3) is 0 Å². The van der Waals surface area contributed by atoms with E-state index in [0.717, 1.165) is 0 Å². The lowest BCUT2D eigenvalue weighted by Crippen LogP contribution is -2.51. The zero-order valence-electron chi connectivity index (χ0n) is 15.7. The van der Waals surface area contributed by atoms with Gasteiger partial charge in [0.25, 0.3) is 5.91 Å². The van der Waals surface area contributed by atoms with Crippen LogP contribution in [-0.2, 0) is 9.59 Å². The predicted molar refractivity (Wildman–Crippen MR) is 107 cm³/mol. The number of carbonyl (C=O) groups is 2. The molecule has 0 saturated heterocycles. The summed E-state index contributed by atoms with van der Waals surface area (Å²) in [7, 11) is 1.49. The molecule has 8 nitrogen and oxygen atoms in total. The zero-order chi connectivity index (χ0) is 20.4. The number of nitrogen functional groups attached to an aromatic ring is 1. The standard InChI is InChI=1S/C19H21ClN4O4/c1-10(2)17-19(26)24(18-14(28-17)6-7-15(21)23-18)9-16(25)22-12-8-11(20)4-5-13(12)27-3/h4-8,10,17H,9H2,1-3H3,(H2,21,23)(H,22,25). The minimum absolute atomic E-state index is 0.0863. The molecule has 1 aromatic carbocycles. The molecule has 2 aromatic rings. The molecule has 0 aliphatic carbocycles. The van der Waals surface area contributed by atoms with Gasteiger partial charge in [-0.3, -0.25) is 14.5 Å². The van der Waals surface area contributed by atoms with Gasteiger partial charge in [0.15, 0.2) is 17.7 Å². The van der Waals surface area contributed by atoms with E-state index in [0.29, 0.717) is 22.2 Å². The van der Waals surface area contributed by atoms with Crippen LogP contribution in [0.4, 0.5) is 17.3 Å². The summed E-state index contributed by atoms with van der Waals surface area (Å²) in [5.41, 5.74) is 6.16. The first-order chi connectivity index (χ1) is 13.3. The molecule has 2 heterocycles. The molecule has 1 aliphatic rings. The number of hydrogen-bond acceptors (Lipinski definition) is 6. The van der Waals surface area contributed by atoms with Crippen molar-refractivity contribution in [3.63, 3.8) is 0 Å². The second kappa shape index (κ2) is 7.93. The van der Waals surface area contributed by atoms with Crippen molar-refractivity contribution in [1.29, 1.82) is 0 Å². The second-order valence-electron chi connectivity index (χ2n) is 6.66. The summed E-state index contributed by atoms with van der Waals surface area (Å²) in [5.74, 6) is 0.420. The lowest BCUT2D eigenvalue weighted by Gasteiger charge is -2.34. The molecule has 3 N–H and O–H groups in total. The van der Waals surface area contributed by atoms with E-state index in [1.807, 2.05) is 13.8 Å². The van der Waals surface area contributed by atoms with Gasteiger partial charge in [0.2, 0.25) is 5.91 Å². The van der Waals surface area contributed by atoms with Gasteiger partial charge in [-0.2, -0.15) is 0 Å². The van der Waals surface area contributed by atoms with Crippen molar-refractivity contribution in [2.45, 2.75) is 20.0 Å². The average Bonchev–Trinajstić information content (AvgIpc) is 2.64. The topological polar surface area (TPSA) is 107 Å². The van der Waals surface area contributed by atoms with Crippen LogP contribution in [0.2, 0.25) is 5.02 Å². The number of rotatable bonds is 5. The van der Waals surface area contributed by atoms with Crippen molar-refractivity contribution < 1.29 is 19.1 Å². The number of anilines is 3. The lowest BCUT2D eigenvalue weighted by atomic mass is 10.0. The Morgan fingerprint density at radius 3 is 2.82 bits per heavy atom. The van der Waals surface area contributed by atoms with Gasteiger partial charge >= 0.3 is 0 Å². The van der Waals surface area contributed by atoms with E-state index in [1.165, 1.54) is 12.0 Å². The van der Waals surface area contributed by atoms with E-state index in [4.69, 9.17) is 26.8 Å². The van der Waals surface area contributed by atoms with Crippen molar-refractivity contribution in [1.82, 2.24) is 4.98 Å². The van der Waals surface area contributed by atoms with Gasteiger partial charge in [0.1, 0.15) is 18.1 Å². The van der Waals surface area contributed by atoms with Crippen molar-refractivity contribution in [2.75, 3.05) is 29.6 Å². The fraction of sp³-hybridized carbons (Fsp3) is 0.316. The Labute approximate surface area is 167 Å². The third-order valence-corrected chi connectivity index (χ3v) is 4.46. The Hall–Kier alpha value is -3.00. The minimum atomic E-state index is -0.716. The van der Waals surface area contributed by atoms with E-state index in [1.54, 1.807) is 30.3 Å². The smallest absolute Gasteiger partial charge is 0.270 e. The molecule has 0 bridgehead atoms. The number of amides is 2. The molecule has 1 atom stereocenters. The van der Waals surface area contributed by atoms with Crippen LogP contribution in [0.5, 0.6) is 11.5 Å². The summed E-state index contributed by atoms with van der Waals surface area (Å²) in [6.07, 6.45) is -0.716. The molecule has 148 valence electrons. The van der Waals surface area contributed by atoms with Crippen LogP contribution >= 0.6 is 11.6 Å². The van der Waals surface area contributed by atoms with E-state index in [2.05, 4.69) is 10.3 Å². The van der Waals surface area contributed by atoms with Crippen molar-refractivity contribution in [3.05, 3.63) is 35.4 Å². The van der Waals surface area contributed by atoms with E-state index in [-0.39, 0.29) is 30.0 Å². The van der Waals surface area contributed by atoms with Crippen molar-refractivity contribution in [2.24, 2.45) is 5.92 Å². The van der Waals surface area contributed by atoms with Crippen molar-refractivity contribution in [3.8, 4) is 11.5 Å². The highest BCUT2D eigenvalue weighted by Gasteiger charge is 2.38. The van der Waals surface area contributed by atoms with E-state index < -0.39 is 12.0 Å². The first-order valence-electron chi connectivity index (χ1n) is 8.68. The number of nitrogens with two attached hydrogens (primary N) is 1. The zero-order valence-corrected chi connectivity index (χ0v) is 16.5. The van der Waals surface area contributed by atoms with Crippen LogP contribution in [0, 0.1) is 5.92 Å². The Balaban J connectivity index is 1.88. The normalized spacial score (nSPS) is 15.8. The molecule has 3 rings (SSSR count). The van der Waals surface area contributed by atoms with Crippen LogP contribution in [0.15, 0.2) is 30.3 Å². The van der Waals surface area contributed by atoms with Gasteiger partial charge < -0.3 is 20.5 Å². The summed E-state index contributed by atoms with van der Waals surface area (Å²) in [4.78, 5) is 31.0. The molecule has 0 saturated carbocycles. The number of fused-ring (bicyclic) bond motifs is 1. The van der Waals surface area contributed by atoms with Crippen molar-refractivity contribution >= 4 is 40.7 Å². The Kier molecular flexibility index (Phi) is 5.60. The van der Waals surface area contributed by atoms with Gasteiger partial charge in [-0.05, 0) is 36.2 Å². The van der Waals surface area contributed by atoms with Gasteiger partial charge in [0, 0.05) is 5.02 Å². The van der Waals surface area contributed by atoms with Crippen LogP contribution < -0.4 is 25.4 Å². The van der Waals surface area contributed by atoms with E-state index in [9.17, 15) is 9.59 Å². The highest BCUT2D eigenvalue weighted by molar-refractivity contribution is 6.31. The number of hydrogen-bond donors (Lipinski definition) is 2. The highest BCUT2D eigenvalue weighted by Crippen LogP contribution is 2.35. The maximum absolute atomic E-state index is 12.9. The van der Waals surface area contributed by atoms with Gasteiger partial charge in [-0.15, -0.1) is 0 Å². The van der Waals surface area contributed by atoms with Gasteiger partial charge in [-0.1, -0.05) is 25.4 Å². The average molecular weight is 405 g/mol. The number of aromatic nitrogens is 1. The number of nitrogens with zero attached hydrogens (tertiary/aromatic N) is 2. The second-order valence-corrected chi connectivity index (χ2v) is 7.09. The number of carbonyl (C=O) groups excluding carboxylic acids is 2. The summed E-state index contributed by atoms with van der Waals surface area (Å²) in [5, 5.41) is 3.16. The number of benzene rings is 1. The molecule has 1 aliphatic heterocycles. The maximum Gasteiger partial charge on any atom is 0.270 e. The number of methoxy groups -OCH3 is 1. The number of halogens is 1. The molecule has 1 aromatic heterocycles. The van der Waals surface area contributed by atoms with Gasteiger partial charge in [-0.25, -0.2) is 4.98 Å². The molecule has 2 amide bonds. The quantitative estimate of drug-likeness (QED) is 0.793. The van der Waals surface area contributed by atoms with Crippen LogP contribution in [-0.4, -0.2) is 36.6 Å². The minimum Gasteiger partial charge on any atom is -0.495 e. The summed E-state index contributed by atoms with van der Waals surface area (Å²) < 4.78 is 11.0. The fourth-order valence-corrected chi connectivity index (χ4v) is 3.04. The Morgan fingerprint density at radius 2 is 2.14 bits per heavy atom. The maximum atomic E-state index is 12.9. The van der Waals surface area contributed by atoms with Gasteiger partial charge in [0.05, 0.1) is 12.8 Å². The molecular weight excluding hydrogens is 384 g/mol. The first kappa shape index (κ1) is 19.8. The van der Waals surface area contributed by atoms with E-state index >= 15 is 0 Å². The largest absolute Gasteiger partial charge is 0.495 e. The molecule has 0 fully saturated rings.